The van der Waals surface area contributed by atoms with Crippen LogP contribution in [0.2, 0.25) is 0 Å². The number of nitrogens with zero attached hydrogens (tertiary/aromatic N) is 3. The second-order valence-electron chi connectivity index (χ2n) is 6.84. The second kappa shape index (κ2) is 10.5. The van der Waals surface area contributed by atoms with E-state index in [0.717, 1.165) is 31.5 Å². The average Bonchev–Trinajstić information content (AvgIpc) is 2.65. The van der Waals surface area contributed by atoms with Crippen molar-refractivity contribution >= 4 is 47.4 Å². The van der Waals surface area contributed by atoms with Crippen molar-refractivity contribution < 1.29 is 0 Å². The molecule has 3 rings (SSSR count). The zero-order valence-electron chi connectivity index (χ0n) is 15.4. The van der Waals surface area contributed by atoms with E-state index >= 15 is 0 Å². The summed E-state index contributed by atoms with van der Waals surface area (Å²) in [7, 11) is 1.89. The van der Waals surface area contributed by atoms with Crippen LogP contribution in [0.25, 0.3) is 0 Å². The van der Waals surface area contributed by atoms with E-state index in [4.69, 9.17) is 0 Å². The van der Waals surface area contributed by atoms with Crippen molar-refractivity contribution in [3.05, 3.63) is 29.8 Å². The summed E-state index contributed by atoms with van der Waals surface area (Å²) in [5.41, 5.74) is 2.67. The molecule has 1 N–H and O–H groups in total. The number of rotatable bonds is 3. The lowest BCUT2D eigenvalue weighted by atomic mass is 9.99. The highest BCUT2D eigenvalue weighted by atomic mass is 127. The summed E-state index contributed by atoms with van der Waals surface area (Å²) in [6.07, 6.45) is 2.53. The molecule has 2 aliphatic heterocycles. The van der Waals surface area contributed by atoms with Gasteiger partial charge in [0.1, 0.15) is 0 Å². The third-order valence-corrected chi connectivity index (χ3v) is 6.00. The predicted octanol–water partition coefficient (Wildman–Crippen LogP) is 3.67. The molecule has 1 aromatic carbocycles. The van der Waals surface area contributed by atoms with Crippen molar-refractivity contribution in [1.29, 1.82) is 0 Å². The van der Waals surface area contributed by atoms with Crippen LogP contribution in [0.5, 0.6) is 0 Å². The standard InChI is InChI=1S/C19H30N4S.HI/c1-16-7-9-23(10-8-16)19(20-2)21-15-17-3-5-18(6-4-17)22-11-13-24-14-12-22;/h3-6,16H,7-15H2,1-2H3,(H,20,21);1H. The molecular weight excluding hydrogens is 443 g/mol. The fourth-order valence-electron chi connectivity index (χ4n) is 3.38. The molecule has 1 aromatic rings. The minimum Gasteiger partial charge on any atom is -0.370 e. The van der Waals surface area contributed by atoms with E-state index in [2.05, 4.69) is 63.1 Å². The van der Waals surface area contributed by atoms with Crippen LogP contribution in [0.4, 0.5) is 5.69 Å². The minimum atomic E-state index is 0. The molecule has 2 heterocycles. The lowest BCUT2D eigenvalue weighted by molar-refractivity contribution is 0.273. The van der Waals surface area contributed by atoms with Gasteiger partial charge in [0.05, 0.1) is 0 Å². The highest BCUT2D eigenvalue weighted by Gasteiger charge is 2.18. The van der Waals surface area contributed by atoms with Gasteiger partial charge in [0.2, 0.25) is 0 Å². The van der Waals surface area contributed by atoms with Crippen molar-refractivity contribution in [1.82, 2.24) is 10.2 Å². The van der Waals surface area contributed by atoms with Gasteiger partial charge in [-0.1, -0.05) is 19.1 Å². The van der Waals surface area contributed by atoms with Gasteiger partial charge >= 0.3 is 0 Å². The summed E-state index contributed by atoms with van der Waals surface area (Å²) >= 11 is 2.05. The number of likely N-dealkylation sites (tertiary alicyclic amines) is 1. The fourth-order valence-corrected chi connectivity index (χ4v) is 4.28. The Labute approximate surface area is 173 Å². The first kappa shape index (κ1) is 20.7. The van der Waals surface area contributed by atoms with Crippen molar-refractivity contribution in [3.63, 3.8) is 0 Å². The van der Waals surface area contributed by atoms with Crippen LogP contribution in [-0.2, 0) is 6.54 Å². The molecule has 0 aliphatic carbocycles. The molecule has 0 amide bonds. The van der Waals surface area contributed by atoms with Crippen molar-refractivity contribution in [2.45, 2.75) is 26.3 Å². The molecule has 0 saturated carbocycles. The predicted molar refractivity (Wildman–Crippen MR) is 122 cm³/mol. The van der Waals surface area contributed by atoms with Gasteiger partial charge in [-0.25, -0.2) is 0 Å². The first-order valence-electron chi connectivity index (χ1n) is 9.13. The van der Waals surface area contributed by atoms with E-state index in [1.165, 1.54) is 48.7 Å². The van der Waals surface area contributed by atoms with Crippen LogP contribution >= 0.6 is 35.7 Å². The Bertz CT molecular complexity index is 535. The number of piperidine rings is 1. The van der Waals surface area contributed by atoms with Gasteiger partial charge in [-0.15, -0.1) is 24.0 Å². The van der Waals surface area contributed by atoms with E-state index in [1.54, 1.807) is 0 Å². The third kappa shape index (κ3) is 5.94. The Morgan fingerprint density at radius 2 is 1.76 bits per heavy atom. The number of nitrogens with one attached hydrogen (secondary N) is 1. The summed E-state index contributed by atoms with van der Waals surface area (Å²) in [6, 6.07) is 9.02. The Balaban J connectivity index is 0.00000225. The molecule has 2 aliphatic rings. The summed E-state index contributed by atoms with van der Waals surface area (Å²) in [4.78, 5) is 9.34. The lowest BCUT2D eigenvalue weighted by Gasteiger charge is -2.33. The Hall–Kier alpha value is -0.630. The molecule has 4 nitrogen and oxygen atoms in total. The quantitative estimate of drug-likeness (QED) is 0.412. The number of benzene rings is 1. The Morgan fingerprint density at radius 3 is 2.36 bits per heavy atom. The maximum Gasteiger partial charge on any atom is 0.193 e. The maximum atomic E-state index is 4.46. The number of halogens is 1. The highest BCUT2D eigenvalue weighted by Crippen LogP contribution is 2.20. The molecular formula is C19H31IN4S. The van der Waals surface area contributed by atoms with E-state index in [-0.39, 0.29) is 24.0 Å². The Morgan fingerprint density at radius 1 is 1.12 bits per heavy atom. The topological polar surface area (TPSA) is 30.9 Å². The maximum absolute atomic E-state index is 4.46. The minimum absolute atomic E-state index is 0. The van der Waals surface area contributed by atoms with Crippen LogP contribution < -0.4 is 10.2 Å². The second-order valence-corrected chi connectivity index (χ2v) is 8.06. The van der Waals surface area contributed by atoms with Gasteiger partial charge < -0.3 is 15.1 Å². The van der Waals surface area contributed by atoms with Crippen molar-refractivity contribution in [3.8, 4) is 0 Å². The number of guanidine groups is 1. The molecule has 0 bridgehead atoms. The zero-order valence-corrected chi connectivity index (χ0v) is 18.6. The van der Waals surface area contributed by atoms with Gasteiger partial charge in [0, 0.05) is 57.0 Å². The summed E-state index contributed by atoms with van der Waals surface area (Å²) in [5.74, 6) is 4.38. The number of anilines is 1. The molecule has 0 unspecified atom stereocenters. The van der Waals surface area contributed by atoms with Gasteiger partial charge in [0.25, 0.3) is 0 Å². The molecule has 140 valence electrons. The summed E-state index contributed by atoms with van der Waals surface area (Å²) < 4.78 is 0. The fraction of sp³-hybridized carbons (Fsp3) is 0.632. The van der Waals surface area contributed by atoms with Crippen LogP contribution in [0.1, 0.15) is 25.3 Å². The molecule has 0 radical (unpaired) electrons. The normalized spacial score (nSPS) is 19.5. The molecule has 0 atom stereocenters. The van der Waals surface area contributed by atoms with Crippen LogP contribution in [0, 0.1) is 5.92 Å². The lowest BCUT2D eigenvalue weighted by Crippen LogP contribution is -2.45. The smallest absolute Gasteiger partial charge is 0.193 e. The van der Waals surface area contributed by atoms with E-state index in [9.17, 15) is 0 Å². The van der Waals surface area contributed by atoms with E-state index < -0.39 is 0 Å². The number of hydrogen-bond donors (Lipinski definition) is 1. The Kier molecular flexibility index (Phi) is 8.69. The van der Waals surface area contributed by atoms with Gasteiger partial charge in [-0.3, -0.25) is 4.99 Å². The monoisotopic (exact) mass is 474 g/mol. The largest absolute Gasteiger partial charge is 0.370 e. The molecule has 0 aromatic heterocycles. The SMILES string of the molecule is CN=C(NCc1ccc(N2CCSCC2)cc1)N1CCC(C)CC1.I. The first-order valence-corrected chi connectivity index (χ1v) is 10.3. The van der Waals surface area contributed by atoms with Gasteiger partial charge in [-0.05, 0) is 36.5 Å². The first-order chi connectivity index (χ1) is 11.8. The van der Waals surface area contributed by atoms with Gasteiger partial charge in [0.15, 0.2) is 5.96 Å². The molecule has 0 spiro atoms. The number of thioether (sulfide) groups is 1. The van der Waals surface area contributed by atoms with Gasteiger partial charge in [-0.2, -0.15) is 11.8 Å². The number of hydrogen-bond acceptors (Lipinski definition) is 3. The summed E-state index contributed by atoms with van der Waals surface area (Å²) in [5, 5.41) is 3.53. The van der Waals surface area contributed by atoms with Crippen molar-refractivity contribution in [2.24, 2.45) is 10.9 Å². The van der Waals surface area contributed by atoms with Crippen LogP contribution in [0.15, 0.2) is 29.3 Å². The molecule has 2 fully saturated rings. The van der Waals surface area contributed by atoms with E-state index in [0.29, 0.717) is 0 Å². The average molecular weight is 474 g/mol. The molecule has 6 heteroatoms. The highest BCUT2D eigenvalue weighted by molar-refractivity contribution is 14.0. The number of aliphatic imine (C=N–C) groups is 1. The van der Waals surface area contributed by atoms with Crippen LogP contribution in [0.3, 0.4) is 0 Å². The van der Waals surface area contributed by atoms with Crippen molar-refractivity contribution in [2.75, 3.05) is 49.6 Å². The van der Waals surface area contributed by atoms with E-state index in [1.807, 2.05) is 7.05 Å². The zero-order chi connectivity index (χ0) is 16.8. The molecule has 25 heavy (non-hydrogen) atoms. The molecule has 2 saturated heterocycles. The van der Waals surface area contributed by atoms with Crippen LogP contribution in [-0.4, -0.2) is 55.6 Å². The summed E-state index contributed by atoms with van der Waals surface area (Å²) in [6.45, 7) is 7.76. The third-order valence-electron chi connectivity index (χ3n) is 5.06.